The number of hydrogen-bond donors (Lipinski definition) is 0. The fourth-order valence-corrected chi connectivity index (χ4v) is 4.84. The molecule has 0 aliphatic carbocycles. The predicted molar refractivity (Wildman–Crippen MR) is 127 cm³/mol. The number of aryl methyl sites for hydroxylation is 1. The van der Waals surface area contributed by atoms with Gasteiger partial charge in [0, 0.05) is 67.5 Å². The molecule has 0 unspecified atom stereocenters. The summed E-state index contributed by atoms with van der Waals surface area (Å²) in [5.41, 5.74) is 3.14. The van der Waals surface area contributed by atoms with Crippen LogP contribution in [0.15, 0.2) is 42.7 Å². The number of nitrogens with zero attached hydrogens (tertiary/aromatic N) is 6. The molecule has 166 valence electrons. The number of rotatable bonds is 2. The molecule has 2 amide bonds. The third-order valence-electron chi connectivity index (χ3n) is 6.69. The van der Waals surface area contributed by atoms with Gasteiger partial charge in [-0.25, -0.2) is 4.79 Å². The molecule has 0 spiro atoms. The molecule has 1 aromatic carbocycles. The highest BCUT2D eigenvalue weighted by Crippen LogP contribution is 2.32. The van der Waals surface area contributed by atoms with E-state index in [1.807, 2.05) is 28.3 Å². The second kappa shape index (κ2) is 8.73. The summed E-state index contributed by atoms with van der Waals surface area (Å²) < 4.78 is 0. The standard InChI is InChI=1S/C25H30N6O/c1-18-6-8-20(9-7-18)23-21-10-11-26-16-22(21)24(28-27-23)30-14-15-31(19(2)17-30)25(32)29-12-4-3-5-13-29/h6-11,16,19H,3-5,12-15,17H2,1-2H3/t19-/m0/s1. The quantitative estimate of drug-likeness (QED) is 0.612. The molecule has 2 saturated heterocycles. The molecule has 0 N–H and O–H groups in total. The summed E-state index contributed by atoms with van der Waals surface area (Å²) in [7, 11) is 0. The zero-order chi connectivity index (χ0) is 22.1. The normalized spacial score (nSPS) is 19.4. The van der Waals surface area contributed by atoms with Gasteiger partial charge in [0.05, 0.1) is 0 Å². The van der Waals surface area contributed by atoms with E-state index in [0.717, 1.165) is 66.9 Å². The van der Waals surface area contributed by atoms with E-state index in [2.05, 4.69) is 58.2 Å². The molecule has 32 heavy (non-hydrogen) atoms. The molecule has 0 saturated carbocycles. The Morgan fingerprint density at radius 2 is 1.72 bits per heavy atom. The Balaban J connectivity index is 1.40. The first-order chi connectivity index (χ1) is 15.6. The molecular weight excluding hydrogens is 400 g/mol. The minimum atomic E-state index is 0.114. The number of carbonyl (C=O) groups is 1. The van der Waals surface area contributed by atoms with Crippen LogP contribution in [0.1, 0.15) is 31.7 Å². The summed E-state index contributed by atoms with van der Waals surface area (Å²) in [6.07, 6.45) is 7.14. The molecule has 7 heteroatoms. The third kappa shape index (κ3) is 3.87. The van der Waals surface area contributed by atoms with Crippen LogP contribution in [0.2, 0.25) is 0 Å². The van der Waals surface area contributed by atoms with Crippen LogP contribution in [-0.2, 0) is 0 Å². The molecule has 1 atom stereocenters. The van der Waals surface area contributed by atoms with Gasteiger partial charge in [-0.2, -0.15) is 0 Å². The second-order valence-electron chi connectivity index (χ2n) is 8.98. The minimum Gasteiger partial charge on any atom is -0.351 e. The number of fused-ring (bicyclic) bond motifs is 1. The number of benzene rings is 1. The molecular formula is C25H30N6O. The van der Waals surface area contributed by atoms with E-state index < -0.39 is 0 Å². The Morgan fingerprint density at radius 3 is 2.47 bits per heavy atom. The van der Waals surface area contributed by atoms with Crippen LogP contribution >= 0.6 is 0 Å². The fourth-order valence-electron chi connectivity index (χ4n) is 4.84. The SMILES string of the molecule is Cc1ccc(-c2nnc(N3CCN(C(=O)N4CCCCC4)[C@@H](C)C3)c3cnccc23)cc1. The zero-order valence-electron chi connectivity index (χ0n) is 18.9. The number of anilines is 1. The first-order valence-electron chi connectivity index (χ1n) is 11.6. The number of piperidine rings is 1. The van der Waals surface area contributed by atoms with Gasteiger partial charge in [0.1, 0.15) is 5.69 Å². The number of carbonyl (C=O) groups excluding carboxylic acids is 1. The minimum absolute atomic E-state index is 0.114. The van der Waals surface area contributed by atoms with Crippen molar-refractivity contribution in [3.05, 3.63) is 48.3 Å². The van der Waals surface area contributed by atoms with Crippen molar-refractivity contribution in [1.82, 2.24) is 25.0 Å². The van der Waals surface area contributed by atoms with Crippen LogP contribution in [0, 0.1) is 6.92 Å². The largest absolute Gasteiger partial charge is 0.351 e. The van der Waals surface area contributed by atoms with E-state index in [9.17, 15) is 4.79 Å². The number of pyridine rings is 1. The van der Waals surface area contributed by atoms with E-state index in [-0.39, 0.29) is 12.1 Å². The average molecular weight is 431 g/mol. The van der Waals surface area contributed by atoms with Gasteiger partial charge in [-0.3, -0.25) is 4.98 Å². The van der Waals surface area contributed by atoms with Gasteiger partial charge in [-0.1, -0.05) is 29.8 Å². The molecule has 5 rings (SSSR count). The number of amides is 2. The molecule has 7 nitrogen and oxygen atoms in total. The van der Waals surface area contributed by atoms with Crippen LogP contribution in [-0.4, -0.2) is 69.8 Å². The van der Waals surface area contributed by atoms with Gasteiger partial charge >= 0.3 is 6.03 Å². The Bertz CT molecular complexity index is 1110. The van der Waals surface area contributed by atoms with Crippen LogP contribution in [0.4, 0.5) is 10.6 Å². The highest BCUT2D eigenvalue weighted by molar-refractivity contribution is 5.99. The first-order valence-corrected chi connectivity index (χ1v) is 11.6. The smallest absolute Gasteiger partial charge is 0.320 e. The maximum atomic E-state index is 13.0. The zero-order valence-corrected chi connectivity index (χ0v) is 18.9. The van der Waals surface area contributed by atoms with Crippen molar-refractivity contribution in [2.24, 2.45) is 0 Å². The average Bonchev–Trinajstić information content (AvgIpc) is 2.84. The molecule has 2 aromatic heterocycles. The van der Waals surface area contributed by atoms with Gasteiger partial charge in [0.25, 0.3) is 0 Å². The molecule has 2 fully saturated rings. The van der Waals surface area contributed by atoms with Gasteiger partial charge in [0.2, 0.25) is 0 Å². The van der Waals surface area contributed by atoms with E-state index in [1.165, 1.54) is 12.0 Å². The monoisotopic (exact) mass is 430 g/mol. The predicted octanol–water partition coefficient (Wildman–Crippen LogP) is 4.12. The van der Waals surface area contributed by atoms with Crippen molar-refractivity contribution in [2.45, 2.75) is 39.2 Å². The third-order valence-corrected chi connectivity index (χ3v) is 6.69. The second-order valence-corrected chi connectivity index (χ2v) is 8.98. The van der Waals surface area contributed by atoms with Gasteiger partial charge in [0.15, 0.2) is 5.82 Å². The van der Waals surface area contributed by atoms with E-state index in [4.69, 9.17) is 0 Å². The van der Waals surface area contributed by atoms with E-state index >= 15 is 0 Å². The number of aromatic nitrogens is 3. The van der Waals surface area contributed by atoms with Crippen molar-refractivity contribution in [1.29, 1.82) is 0 Å². The summed E-state index contributed by atoms with van der Waals surface area (Å²) in [4.78, 5) is 23.7. The van der Waals surface area contributed by atoms with Crippen molar-refractivity contribution in [3.63, 3.8) is 0 Å². The number of likely N-dealkylation sites (tertiary alicyclic amines) is 1. The molecule has 4 heterocycles. The summed E-state index contributed by atoms with van der Waals surface area (Å²) >= 11 is 0. The van der Waals surface area contributed by atoms with Crippen molar-refractivity contribution in [3.8, 4) is 11.3 Å². The van der Waals surface area contributed by atoms with Crippen molar-refractivity contribution < 1.29 is 4.79 Å². The van der Waals surface area contributed by atoms with Gasteiger partial charge in [-0.15, -0.1) is 10.2 Å². The Hall–Kier alpha value is -3.22. The molecule has 3 aromatic rings. The Morgan fingerprint density at radius 1 is 0.938 bits per heavy atom. The summed E-state index contributed by atoms with van der Waals surface area (Å²) in [6, 6.07) is 10.7. The fraction of sp³-hybridized carbons (Fsp3) is 0.440. The Kier molecular flexibility index (Phi) is 5.64. The topological polar surface area (TPSA) is 65.5 Å². The highest BCUT2D eigenvalue weighted by Gasteiger charge is 2.32. The number of piperazine rings is 1. The lowest BCUT2D eigenvalue weighted by atomic mass is 10.0. The molecule has 0 radical (unpaired) electrons. The lowest BCUT2D eigenvalue weighted by molar-refractivity contribution is 0.123. The van der Waals surface area contributed by atoms with E-state index in [1.54, 1.807) is 0 Å². The molecule has 2 aliphatic heterocycles. The summed E-state index contributed by atoms with van der Waals surface area (Å²) in [6.45, 7) is 8.15. The maximum Gasteiger partial charge on any atom is 0.320 e. The lowest BCUT2D eigenvalue weighted by Gasteiger charge is -2.43. The van der Waals surface area contributed by atoms with Crippen LogP contribution in [0.5, 0.6) is 0 Å². The number of hydrogen-bond acceptors (Lipinski definition) is 5. The summed E-state index contributed by atoms with van der Waals surface area (Å²) in [5.74, 6) is 0.848. The first kappa shape index (κ1) is 20.7. The maximum absolute atomic E-state index is 13.0. The van der Waals surface area contributed by atoms with Crippen molar-refractivity contribution in [2.75, 3.05) is 37.6 Å². The van der Waals surface area contributed by atoms with Gasteiger partial charge in [-0.05, 0) is 39.2 Å². The number of urea groups is 1. The van der Waals surface area contributed by atoms with Crippen LogP contribution < -0.4 is 4.90 Å². The summed E-state index contributed by atoms with van der Waals surface area (Å²) in [5, 5.41) is 11.3. The Labute approximate surface area is 189 Å². The van der Waals surface area contributed by atoms with Crippen LogP contribution in [0.25, 0.3) is 22.0 Å². The highest BCUT2D eigenvalue weighted by atomic mass is 16.2. The van der Waals surface area contributed by atoms with E-state index in [0.29, 0.717) is 6.54 Å². The molecule has 2 aliphatic rings. The van der Waals surface area contributed by atoms with Crippen molar-refractivity contribution >= 4 is 22.6 Å². The lowest BCUT2D eigenvalue weighted by Crippen LogP contribution is -2.58. The molecule has 0 bridgehead atoms. The van der Waals surface area contributed by atoms with Gasteiger partial charge < -0.3 is 14.7 Å². The van der Waals surface area contributed by atoms with Crippen LogP contribution in [0.3, 0.4) is 0 Å².